The zero-order valence-corrected chi connectivity index (χ0v) is 18.8. The first kappa shape index (κ1) is 21.3. The Hall–Kier alpha value is -2.59. The van der Waals surface area contributed by atoms with Crippen molar-refractivity contribution in [2.24, 2.45) is 17.8 Å². The Morgan fingerprint density at radius 3 is 2.34 bits per heavy atom. The Morgan fingerprint density at radius 2 is 1.69 bits per heavy atom. The van der Waals surface area contributed by atoms with E-state index in [-0.39, 0.29) is 18.2 Å². The zero-order chi connectivity index (χ0) is 22.0. The molecule has 0 radical (unpaired) electrons. The Bertz CT molecular complexity index is 943. The first-order chi connectivity index (χ1) is 15.6. The molecule has 6 rings (SSSR count). The van der Waals surface area contributed by atoms with Gasteiger partial charge in [0.05, 0.1) is 11.8 Å². The molecule has 4 fully saturated rings. The third kappa shape index (κ3) is 4.33. The summed E-state index contributed by atoms with van der Waals surface area (Å²) in [6.07, 6.45) is 12.3. The first-order valence-electron chi connectivity index (χ1n) is 11.8. The highest BCUT2D eigenvalue weighted by molar-refractivity contribution is 5.89. The van der Waals surface area contributed by atoms with Crippen LogP contribution in [0.4, 0.5) is 0 Å². The largest absolute Gasteiger partial charge is 0.467 e. The maximum absolute atomic E-state index is 12.1. The van der Waals surface area contributed by atoms with E-state index in [1.54, 1.807) is 19.2 Å². The van der Waals surface area contributed by atoms with Crippen molar-refractivity contribution in [3.63, 3.8) is 0 Å². The summed E-state index contributed by atoms with van der Waals surface area (Å²) in [6.45, 7) is 0.272. The van der Waals surface area contributed by atoms with E-state index in [0.717, 1.165) is 23.5 Å². The monoisotopic (exact) mass is 432 g/mol. The summed E-state index contributed by atoms with van der Waals surface area (Å²) in [5, 5.41) is 0. The van der Waals surface area contributed by atoms with Crippen LogP contribution in [0.5, 0.6) is 5.75 Å². The maximum Gasteiger partial charge on any atom is 0.342 e. The smallest absolute Gasteiger partial charge is 0.342 e. The molecule has 2 aromatic carbocycles. The van der Waals surface area contributed by atoms with Gasteiger partial charge < -0.3 is 14.2 Å². The van der Waals surface area contributed by atoms with Crippen LogP contribution in [0.1, 0.15) is 60.0 Å². The molecule has 168 valence electrons. The van der Waals surface area contributed by atoms with Gasteiger partial charge in [-0.15, -0.1) is 0 Å². The van der Waals surface area contributed by atoms with Gasteiger partial charge >= 0.3 is 5.97 Å². The van der Waals surface area contributed by atoms with Crippen LogP contribution in [0.2, 0.25) is 0 Å². The van der Waals surface area contributed by atoms with E-state index >= 15 is 0 Å². The Morgan fingerprint density at radius 1 is 1.00 bits per heavy atom. The van der Waals surface area contributed by atoms with Gasteiger partial charge in [0.2, 0.25) is 0 Å². The standard InChI is InChI=1S/C28H32O4/c1-30-19-32-26-10-9-20(6-5-11-31-27(29)24-7-3-2-4-8-24)15-25(26)28-16-21-12-22(17-28)14-23(13-21)18-28/h2-5,7-11,15,21-23H,6,12-14,16-19H2,1H3. The molecule has 0 amide bonds. The minimum atomic E-state index is -0.334. The van der Waals surface area contributed by atoms with Crippen molar-refractivity contribution in [2.75, 3.05) is 13.9 Å². The van der Waals surface area contributed by atoms with E-state index in [9.17, 15) is 4.79 Å². The maximum atomic E-state index is 12.1. The van der Waals surface area contributed by atoms with E-state index < -0.39 is 0 Å². The lowest BCUT2D eigenvalue weighted by Crippen LogP contribution is -2.48. The Balaban J connectivity index is 1.33. The van der Waals surface area contributed by atoms with E-state index in [4.69, 9.17) is 14.2 Å². The molecule has 32 heavy (non-hydrogen) atoms. The first-order valence-corrected chi connectivity index (χ1v) is 11.8. The minimum absolute atomic E-state index is 0.247. The van der Waals surface area contributed by atoms with Gasteiger partial charge in [-0.1, -0.05) is 30.3 Å². The van der Waals surface area contributed by atoms with Gasteiger partial charge in [-0.05, 0) is 98.0 Å². The fourth-order valence-corrected chi connectivity index (χ4v) is 6.74. The molecule has 4 nitrogen and oxygen atoms in total. The number of rotatable bonds is 8. The molecule has 2 aromatic rings. The summed E-state index contributed by atoms with van der Waals surface area (Å²) in [4.78, 5) is 12.1. The van der Waals surface area contributed by atoms with Gasteiger partial charge in [0, 0.05) is 12.7 Å². The van der Waals surface area contributed by atoms with Gasteiger partial charge in [-0.2, -0.15) is 0 Å². The second-order valence-electron chi connectivity index (χ2n) is 9.93. The van der Waals surface area contributed by atoms with E-state index in [2.05, 4.69) is 18.2 Å². The van der Waals surface area contributed by atoms with Crippen LogP contribution in [0.15, 0.2) is 60.9 Å². The minimum Gasteiger partial charge on any atom is -0.467 e. The SMILES string of the molecule is COCOc1ccc(CC=COC(=O)c2ccccc2)cc1C12CC3CC(CC(C3)C1)C2. The average Bonchev–Trinajstić information content (AvgIpc) is 2.80. The number of hydrogen-bond acceptors (Lipinski definition) is 4. The van der Waals surface area contributed by atoms with Crippen molar-refractivity contribution < 1.29 is 19.0 Å². The van der Waals surface area contributed by atoms with E-state index in [1.807, 2.05) is 24.3 Å². The predicted octanol–water partition coefficient (Wildman–Crippen LogP) is 6.05. The summed E-state index contributed by atoms with van der Waals surface area (Å²) in [7, 11) is 1.67. The quantitative estimate of drug-likeness (QED) is 0.289. The molecule has 0 saturated heterocycles. The molecule has 0 aliphatic heterocycles. The molecule has 0 atom stereocenters. The van der Waals surface area contributed by atoms with Crippen LogP contribution in [0, 0.1) is 17.8 Å². The lowest BCUT2D eigenvalue weighted by molar-refractivity contribution is -0.00886. The highest BCUT2D eigenvalue weighted by Gasteiger charge is 2.52. The number of carbonyl (C=O) groups excluding carboxylic acids is 1. The second kappa shape index (κ2) is 9.11. The lowest BCUT2D eigenvalue weighted by Gasteiger charge is -2.57. The van der Waals surface area contributed by atoms with Crippen molar-refractivity contribution in [1.29, 1.82) is 0 Å². The Kier molecular flexibility index (Phi) is 6.05. The number of carbonyl (C=O) groups is 1. The molecule has 0 N–H and O–H groups in total. The molecule has 0 spiro atoms. The number of esters is 1. The predicted molar refractivity (Wildman–Crippen MR) is 123 cm³/mol. The third-order valence-electron chi connectivity index (χ3n) is 7.62. The number of benzene rings is 2. The van der Waals surface area contributed by atoms with Crippen LogP contribution < -0.4 is 4.74 Å². The van der Waals surface area contributed by atoms with Gasteiger partial charge in [0.1, 0.15) is 5.75 Å². The van der Waals surface area contributed by atoms with Crippen molar-refractivity contribution in [3.8, 4) is 5.75 Å². The van der Waals surface area contributed by atoms with Crippen molar-refractivity contribution >= 4 is 5.97 Å². The van der Waals surface area contributed by atoms with Crippen molar-refractivity contribution in [1.82, 2.24) is 0 Å². The molecule has 4 heteroatoms. The van der Waals surface area contributed by atoms with Crippen LogP contribution >= 0.6 is 0 Å². The van der Waals surface area contributed by atoms with Crippen LogP contribution in [-0.2, 0) is 21.3 Å². The molecular weight excluding hydrogens is 400 g/mol. The molecule has 4 saturated carbocycles. The van der Waals surface area contributed by atoms with Gasteiger partial charge in [-0.3, -0.25) is 0 Å². The molecule has 4 bridgehead atoms. The number of ether oxygens (including phenoxy) is 3. The Labute approximate surface area is 190 Å². The summed E-state index contributed by atoms with van der Waals surface area (Å²) >= 11 is 0. The fraction of sp³-hybridized carbons (Fsp3) is 0.464. The van der Waals surface area contributed by atoms with Gasteiger partial charge in [-0.25, -0.2) is 4.79 Å². The number of methoxy groups -OCH3 is 1. The van der Waals surface area contributed by atoms with Crippen LogP contribution in [-0.4, -0.2) is 19.9 Å². The summed E-state index contributed by atoms with van der Waals surface area (Å²) in [5.74, 6) is 3.25. The fourth-order valence-electron chi connectivity index (χ4n) is 6.74. The van der Waals surface area contributed by atoms with Crippen LogP contribution in [0.3, 0.4) is 0 Å². The molecule has 0 unspecified atom stereocenters. The molecule has 0 heterocycles. The number of hydrogen-bond donors (Lipinski definition) is 0. The van der Waals surface area contributed by atoms with E-state index in [1.165, 1.54) is 55.9 Å². The molecular formula is C28H32O4. The normalized spacial score (nSPS) is 28.2. The highest BCUT2D eigenvalue weighted by atomic mass is 16.7. The van der Waals surface area contributed by atoms with Crippen molar-refractivity contribution in [2.45, 2.75) is 50.4 Å². The van der Waals surface area contributed by atoms with Gasteiger partial charge in [0.25, 0.3) is 0 Å². The molecule has 4 aliphatic rings. The molecule has 4 aliphatic carbocycles. The van der Waals surface area contributed by atoms with Gasteiger partial charge in [0.15, 0.2) is 6.79 Å². The van der Waals surface area contributed by atoms with Crippen LogP contribution in [0.25, 0.3) is 0 Å². The summed E-state index contributed by atoms with van der Waals surface area (Å²) in [5.41, 5.74) is 3.38. The van der Waals surface area contributed by atoms with Crippen molar-refractivity contribution in [3.05, 3.63) is 77.6 Å². The third-order valence-corrected chi connectivity index (χ3v) is 7.62. The number of allylic oxidation sites excluding steroid dienone is 1. The molecule has 0 aromatic heterocycles. The second-order valence-corrected chi connectivity index (χ2v) is 9.93. The lowest BCUT2D eigenvalue weighted by atomic mass is 9.48. The van der Waals surface area contributed by atoms with E-state index in [0.29, 0.717) is 12.0 Å². The highest BCUT2D eigenvalue weighted by Crippen LogP contribution is 2.62. The zero-order valence-electron chi connectivity index (χ0n) is 18.8. The topological polar surface area (TPSA) is 44.8 Å². The summed E-state index contributed by atoms with van der Waals surface area (Å²) in [6, 6.07) is 15.6. The average molecular weight is 433 g/mol. The summed E-state index contributed by atoms with van der Waals surface area (Å²) < 4.78 is 16.5.